The molecule has 124 valence electrons. The van der Waals surface area contributed by atoms with Gasteiger partial charge < -0.3 is 23.7 Å². The third-order valence-electron chi connectivity index (χ3n) is 3.71. The Bertz CT molecular complexity index is 867. The van der Waals surface area contributed by atoms with Gasteiger partial charge >= 0.3 is 0 Å². The van der Waals surface area contributed by atoms with E-state index in [1.54, 1.807) is 33.7 Å². The van der Waals surface area contributed by atoms with Crippen LogP contribution in [0, 0.1) is 0 Å². The van der Waals surface area contributed by atoms with Crippen LogP contribution >= 0.6 is 0 Å². The van der Waals surface area contributed by atoms with Crippen molar-refractivity contribution in [1.82, 2.24) is 0 Å². The first-order valence-electron chi connectivity index (χ1n) is 7.34. The highest BCUT2D eigenvalue weighted by molar-refractivity contribution is 5.87. The highest BCUT2D eigenvalue weighted by Crippen LogP contribution is 2.38. The number of hydrogen-bond donors (Lipinski definition) is 1. The van der Waals surface area contributed by atoms with E-state index >= 15 is 0 Å². The van der Waals surface area contributed by atoms with Crippen molar-refractivity contribution in [3.63, 3.8) is 0 Å². The van der Waals surface area contributed by atoms with E-state index in [0.717, 1.165) is 16.5 Å². The molecule has 0 saturated carbocycles. The van der Waals surface area contributed by atoms with Crippen molar-refractivity contribution in [1.29, 1.82) is 0 Å². The van der Waals surface area contributed by atoms with Gasteiger partial charge in [-0.2, -0.15) is 0 Å². The first kappa shape index (κ1) is 15.8. The average molecular weight is 326 g/mol. The molecule has 0 unspecified atom stereocenters. The van der Waals surface area contributed by atoms with Gasteiger partial charge in [0.15, 0.2) is 22.8 Å². The summed E-state index contributed by atoms with van der Waals surface area (Å²) in [6, 6.07) is 9.11. The van der Waals surface area contributed by atoms with Gasteiger partial charge in [-0.05, 0) is 41.5 Å². The van der Waals surface area contributed by atoms with Crippen molar-refractivity contribution in [3.8, 4) is 23.0 Å². The van der Waals surface area contributed by atoms with Crippen LogP contribution in [0.5, 0.6) is 23.0 Å². The number of fused-ring (bicyclic) bond motifs is 1. The number of phenolic OH excluding ortho intramolecular Hbond substituents is 1. The van der Waals surface area contributed by atoms with Crippen molar-refractivity contribution in [2.24, 2.45) is 0 Å². The molecule has 1 aromatic heterocycles. The smallest absolute Gasteiger partial charge is 0.203 e. The summed E-state index contributed by atoms with van der Waals surface area (Å²) in [4.78, 5) is 0. The Morgan fingerprint density at radius 3 is 2.08 bits per heavy atom. The Kier molecular flexibility index (Phi) is 4.33. The molecule has 0 aliphatic heterocycles. The highest BCUT2D eigenvalue weighted by Gasteiger charge is 2.12. The van der Waals surface area contributed by atoms with Crippen LogP contribution in [-0.4, -0.2) is 26.4 Å². The van der Waals surface area contributed by atoms with Gasteiger partial charge in [0.05, 0.1) is 27.6 Å². The van der Waals surface area contributed by atoms with E-state index < -0.39 is 0 Å². The minimum Gasteiger partial charge on any atom is -0.504 e. The third-order valence-corrected chi connectivity index (χ3v) is 3.71. The maximum absolute atomic E-state index is 9.99. The fourth-order valence-electron chi connectivity index (χ4n) is 2.57. The molecular weight excluding hydrogens is 308 g/mol. The molecule has 1 N–H and O–H groups in total. The number of benzene rings is 2. The number of furan rings is 1. The Morgan fingerprint density at radius 2 is 1.50 bits per heavy atom. The van der Waals surface area contributed by atoms with Crippen LogP contribution in [0.2, 0.25) is 0 Å². The van der Waals surface area contributed by atoms with Crippen molar-refractivity contribution >= 4 is 23.1 Å². The maximum Gasteiger partial charge on any atom is 0.203 e. The molecule has 0 fully saturated rings. The fourth-order valence-corrected chi connectivity index (χ4v) is 2.57. The molecule has 0 aliphatic rings. The number of ether oxygens (including phenoxy) is 3. The van der Waals surface area contributed by atoms with Gasteiger partial charge in [-0.3, -0.25) is 0 Å². The average Bonchev–Trinajstić information content (AvgIpc) is 3.08. The number of aromatic hydroxyl groups is 1. The molecule has 24 heavy (non-hydrogen) atoms. The summed E-state index contributed by atoms with van der Waals surface area (Å²) >= 11 is 0. The lowest BCUT2D eigenvalue weighted by Gasteiger charge is -2.12. The summed E-state index contributed by atoms with van der Waals surface area (Å²) in [5, 5.41) is 10.8. The van der Waals surface area contributed by atoms with Crippen LogP contribution in [-0.2, 0) is 0 Å². The quantitative estimate of drug-likeness (QED) is 0.707. The molecule has 5 nitrogen and oxygen atoms in total. The standard InChI is InChI=1S/C19H18O5/c1-21-16-10-13(11-17(22-2)19(16)23-3)5-4-12-8-14-6-7-24-18(14)15(20)9-12/h4-11,20H,1-3H3. The second-order valence-electron chi connectivity index (χ2n) is 5.17. The van der Waals surface area contributed by atoms with Crippen molar-refractivity contribution < 1.29 is 23.7 Å². The molecule has 3 rings (SSSR count). The number of hydrogen-bond acceptors (Lipinski definition) is 5. The van der Waals surface area contributed by atoms with Gasteiger partial charge in [-0.1, -0.05) is 12.2 Å². The van der Waals surface area contributed by atoms with Gasteiger partial charge in [0.2, 0.25) is 5.75 Å². The normalized spacial score (nSPS) is 11.1. The largest absolute Gasteiger partial charge is 0.504 e. The summed E-state index contributed by atoms with van der Waals surface area (Å²) in [6.45, 7) is 0. The van der Waals surface area contributed by atoms with E-state index in [4.69, 9.17) is 18.6 Å². The van der Waals surface area contributed by atoms with Gasteiger partial charge in [-0.15, -0.1) is 0 Å². The van der Waals surface area contributed by atoms with Crippen molar-refractivity contribution in [2.45, 2.75) is 0 Å². The first-order chi connectivity index (χ1) is 11.7. The summed E-state index contributed by atoms with van der Waals surface area (Å²) in [6.07, 6.45) is 5.36. The summed E-state index contributed by atoms with van der Waals surface area (Å²) in [5.41, 5.74) is 2.23. The molecule has 0 atom stereocenters. The molecular formula is C19H18O5. The van der Waals surface area contributed by atoms with E-state index in [2.05, 4.69) is 0 Å². The second kappa shape index (κ2) is 6.58. The predicted molar refractivity (Wildman–Crippen MR) is 92.9 cm³/mol. The zero-order valence-electron chi connectivity index (χ0n) is 13.7. The molecule has 5 heteroatoms. The van der Waals surface area contributed by atoms with Gasteiger partial charge in [0.1, 0.15) is 0 Å². The van der Waals surface area contributed by atoms with E-state index in [9.17, 15) is 5.11 Å². The minimum absolute atomic E-state index is 0.113. The second-order valence-corrected chi connectivity index (χ2v) is 5.17. The lowest BCUT2D eigenvalue weighted by Crippen LogP contribution is -1.95. The van der Waals surface area contributed by atoms with E-state index in [1.807, 2.05) is 36.4 Å². The summed E-state index contributed by atoms with van der Waals surface area (Å²) in [7, 11) is 4.73. The van der Waals surface area contributed by atoms with Crippen LogP contribution in [0.1, 0.15) is 11.1 Å². The van der Waals surface area contributed by atoms with E-state index in [1.165, 1.54) is 0 Å². The summed E-state index contributed by atoms with van der Waals surface area (Å²) < 4.78 is 21.2. The Labute approximate surface area is 139 Å². The van der Waals surface area contributed by atoms with Gasteiger partial charge in [0.25, 0.3) is 0 Å². The van der Waals surface area contributed by atoms with Crippen LogP contribution < -0.4 is 14.2 Å². The van der Waals surface area contributed by atoms with E-state index in [0.29, 0.717) is 22.8 Å². The molecule has 1 heterocycles. The maximum atomic E-state index is 9.99. The zero-order valence-corrected chi connectivity index (χ0v) is 13.7. The lowest BCUT2D eigenvalue weighted by atomic mass is 10.1. The molecule has 0 saturated heterocycles. The monoisotopic (exact) mass is 326 g/mol. The predicted octanol–water partition coefficient (Wildman–Crippen LogP) is 4.33. The van der Waals surface area contributed by atoms with E-state index in [-0.39, 0.29) is 5.75 Å². The molecule has 0 spiro atoms. The molecule has 0 radical (unpaired) electrons. The van der Waals surface area contributed by atoms with Crippen LogP contribution in [0.4, 0.5) is 0 Å². The highest BCUT2D eigenvalue weighted by atomic mass is 16.5. The van der Waals surface area contributed by atoms with Crippen LogP contribution in [0.3, 0.4) is 0 Å². The van der Waals surface area contributed by atoms with Crippen molar-refractivity contribution in [3.05, 3.63) is 47.7 Å². The lowest BCUT2D eigenvalue weighted by molar-refractivity contribution is 0.324. The number of rotatable bonds is 5. The molecule has 0 bridgehead atoms. The number of methoxy groups -OCH3 is 3. The fraction of sp³-hybridized carbons (Fsp3) is 0.158. The summed E-state index contributed by atoms with van der Waals surface area (Å²) in [5.74, 6) is 1.84. The molecule has 0 aliphatic carbocycles. The third kappa shape index (κ3) is 2.88. The minimum atomic E-state index is 0.113. The molecule has 0 amide bonds. The zero-order chi connectivity index (χ0) is 17.1. The Hall–Kier alpha value is -3.08. The topological polar surface area (TPSA) is 61.1 Å². The van der Waals surface area contributed by atoms with Gasteiger partial charge in [-0.25, -0.2) is 0 Å². The molecule has 2 aromatic carbocycles. The SMILES string of the molecule is COc1cc(C=Cc2cc(O)c3occc3c2)cc(OC)c1OC. The first-order valence-corrected chi connectivity index (χ1v) is 7.34. The Morgan fingerprint density at radius 1 is 0.875 bits per heavy atom. The number of phenols is 1. The van der Waals surface area contributed by atoms with Gasteiger partial charge in [0, 0.05) is 5.39 Å². The van der Waals surface area contributed by atoms with Crippen LogP contribution in [0.15, 0.2) is 41.0 Å². The van der Waals surface area contributed by atoms with Crippen LogP contribution in [0.25, 0.3) is 23.1 Å². The Balaban J connectivity index is 1.98. The molecule has 3 aromatic rings. The van der Waals surface area contributed by atoms with Crippen molar-refractivity contribution in [2.75, 3.05) is 21.3 Å².